The second-order valence-corrected chi connectivity index (χ2v) is 5.53. The Hall–Kier alpha value is -1.14. The molecule has 3 amide bonds. The lowest BCUT2D eigenvalue weighted by Gasteiger charge is -2.23. The number of urea groups is 1. The Balaban J connectivity index is 1.65. The molecule has 2 aliphatic rings. The summed E-state index contributed by atoms with van der Waals surface area (Å²) in [7, 11) is 0. The predicted molar refractivity (Wildman–Crippen MR) is 70.6 cm³/mol. The van der Waals surface area contributed by atoms with Gasteiger partial charge in [-0.05, 0) is 19.3 Å². The first kappa shape index (κ1) is 14.3. The summed E-state index contributed by atoms with van der Waals surface area (Å²) in [6.45, 7) is 1.39. The molecule has 0 bridgehead atoms. The van der Waals surface area contributed by atoms with Crippen LogP contribution in [0.1, 0.15) is 38.5 Å². The molecule has 6 heteroatoms. The van der Waals surface area contributed by atoms with Crippen LogP contribution in [0.25, 0.3) is 0 Å². The summed E-state index contributed by atoms with van der Waals surface area (Å²) in [5.74, 6) is -0.303. The van der Waals surface area contributed by atoms with Crippen LogP contribution in [0, 0.1) is 0 Å². The second-order valence-electron chi connectivity index (χ2n) is 5.53. The third-order valence-electron chi connectivity index (χ3n) is 3.81. The van der Waals surface area contributed by atoms with E-state index >= 15 is 0 Å². The van der Waals surface area contributed by atoms with Crippen molar-refractivity contribution in [3.63, 3.8) is 0 Å². The highest BCUT2D eigenvalue weighted by Gasteiger charge is 2.23. The van der Waals surface area contributed by atoms with Gasteiger partial charge in [-0.1, -0.05) is 19.3 Å². The Kier molecular flexibility index (Phi) is 5.15. The van der Waals surface area contributed by atoms with E-state index in [9.17, 15) is 14.7 Å². The molecule has 3 N–H and O–H groups in total. The van der Waals surface area contributed by atoms with Crippen molar-refractivity contribution in [2.24, 2.45) is 0 Å². The summed E-state index contributed by atoms with van der Waals surface area (Å²) >= 11 is 0. The van der Waals surface area contributed by atoms with Crippen LogP contribution in [0.2, 0.25) is 0 Å². The van der Waals surface area contributed by atoms with E-state index < -0.39 is 6.03 Å². The standard InChI is InChI=1S/C13H23N3O3/c17-11-6-7-16(8-11)9-12(18)15-13(19)14-10-4-2-1-3-5-10/h10-11,17H,1-9H2,(H2,14,15,18,19). The molecule has 0 aromatic carbocycles. The number of aliphatic hydroxyl groups is 1. The molecule has 0 radical (unpaired) electrons. The fourth-order valence-electron chi connectivity index (χ4n) is 2.79. The lowest BCUT2D eigenvalue weighted by atomic mass is 9.96. The van der Waals surface area contributed by atoms with Crippen LogP contribution in [0.5, 0.6) is 0 Å². The van der Waals surface area contributed by atoms with Crippen molar-refractivity contribution in [2.75, 3.05) is 19.6 Å². The average molecular weight is 269 g/mol. The number of hydrogen-bond donors (Lipinski definition) is 3. The van der Waals surface area contributed by atoms with Crippen molar-refractivity contribution < 1.29 is 14.7 Å². The van der Waals surface area contributed by atoms with E-state index in [1.54, 1.807) is 0 Å². The van der Waals surface area contributed by atoms with E-state index in [1.165, 1.54) is 6.42 Å². The van der Waals surface area contributed by atoms with Crippen molar-refractivity contribution in [3.8, 4) is 0 Å². The third kappa shape index (κ3) is 4.80. The zero-order valence-electron chi connectivity index (χ0n) is 11.2. The van der Waals surface area contributed by atoms with E-state index in [0.29, 0.717) is 19.5 Å². The Morgan fingerprint density at radius 1 is 1.16 bits per heavy atom. The van der Waals surface area contributed by atoms with E-state index in [4.69, 9.17) is 0 Å². The van der Waals surface area contributed by atoms with Crippen LogP contribution in [-0.2, 0) is 4.79 Å². The number of imide groups is 1. The van der Waals surface area contributed by atoms with Crippen LogP contribution in [0.4, 0.5) is 4.79 Å². The normalized spacial score (nSPS) is 25.2. The van der Waals surface area contributed by atoms with Crippen LogP contribution < -0.4 is 10.6 Å². The maximum Gasteiger partial charge on any atom is 0.321 e. The monoisotopic (exact) mass is 269 g/mol. The first-order valence-corrected chi connectivity index (χ1v) is 7.14. The zero-order chi connectivity index (χ0) is 13.7. The highest BCUT2D eigenvalue weighted by atomic mass is 16.3. The molecular weight excluding hydrogens is 246 g/mol. The van der Waals surface area contributed by atoms with Crippen molar-refractivity contribution in [3.05, 3.63) is 0 Å². The number of carbonyl (C=O) groups is 2. The van der Waals surface area contributed by atoms with Gasteiger partial charge in [-0.25, -0.2) is 4.79 Å². The van der Waals surface area contributed by atoms with Gasteiger partial charge in [-0.2, -0.15) is 0 Å². The van der Waals surface area contributed by atoms with Crippen molar-refractivity contribution in [1.82, 2.24) is 15.5 Å². The number of nitrogens with zero attached hydrogens (tertiary/aromatic N) is 1. The van der Waals surface area contributed by atoms with Gasteiger partial charge < -0.3 is 10.4 Å². The Morgan fingerprint density at radius 3 is 2.53 bits per heavy atom. The summed E-state index contributed by atoms with van der Waals surface area (Å²) in [5.41, 5.74) is 0. The summed E-state index contributed by atoms with van der Waals surface area (Å²) in [5, 5.41) is 14.6. The minimum Gasteiger partial charge on any atom is -0.392 e. The number of aliphatic hydroxyl groups excluding tert-OH is 1. The topological polar surface area (TPSA) is 81.7 Å². The summed E-state index contributed by atoms with van der Waals surface area (Å²) < 4.78 is 0. The Bertz CT molecular complexity index is 312. The van der Waals surface area contributed by atoms with Crippen molar-refractivity contribution in [1.29, 1.82) is 0 Å². The Labute approximate surface area is 113 Å². The van der Waals surface area contributed by atoms with E-state index in [0.717, 1.165) is 25.7 Å². The van der Waals surface area contributed by atoms with Gasteiger partial charge in [0.25, 0.3) is 0 Å². The largest absolute Gasteiger partial charge is 0.392 e. The number of nitrogens with one attached hydrogen (secondary N) is 2. The third-order valence-corrected chi connectivity index (χ3v) is 3.81. The smallest absolute Gasteiger partial charge is 0.321 e. The quantitative estimate of drug-likeness (QED) is 0.684. The SMILES string of the molecule is O=C(CN1CCC(O)C1)NC(=O)NC1CCCCC1. The molecular formula is C13H23N3O3. The number of likely N-dealkylation sites (tertiary alicyclic amines) is 1. The zero-order valence-corrected chi connectivity index (χ0v) is 11.2. The van der Waals surface area contributed by atoms with E-state index in [-0.39, 0.29) is 24.6 Å². The van der Waals surface area contributed by atoms with Crippen LogP contribution in [0.3, 0.4) is 0 Å². The molecule has 1 heterocycles. The predicted octanol–water partition coefficient (Wildman–Crippen LogP) is 0.212. The Morgan fingerprint density at radius 2 is 1.89 bits per heavy atom. The summed E-state index contributed by atoms with van der Waals surface area (Å²) in [4.78, 5) is 25.2. The molecule has 1 aliphatic carbocycles. The molecule has 1 unspecified atom stereocenters. The summed E-state index contributed by atoms with van der Waals surface area (Å²) in [6, 6.07) is -0.188. The molecule has 0 aromatic rings. The number of rotatable bonds is 3. The highest BCUT2D eigenvalue weighted by molar-refractivity contribution is 5.95. The first-order valence-electron chi connectivity index (χ1n) is 7.14. The maximum atomic E-state index is 11.7. The first-order chi connectivity index (χ1) is 9.13. The molecule has 6 nitrogen and oxygen atoms in total. The molecule has 2 rings (SSSR count). The minimum atomic E-state index is -0.392. The van der Waals surface area contributed by atoms with Crippen LogP contribution >= 0.6 is 0 Å². The molecule has 19 heavy (non-hydrogen) atoms. The van der Waals surface area contributed by atoms with Gasteiger partial charge in [0.1, 0.15) is 0 Å². The van der Waals surface area contributed by atoms with Gasteiger partial charge >= 0.3 is 6.03 Å². The molecule has 0 aromatic heterocycles. The lowest BCUT2D eigenvalue weighted by molar-refractivity contribution is -0.121. The van der Waals surface area contributed by atoms with Gasteiger partial charge in [-0.15, -0.1) is 0 Å². The molecule has 1 aliphatic heterocycles. The van der Waals surface area contributed by atoms with Crippen LogP contribution in [-0.4, -0.2) is 53.7 Å². The number of amides is 3. The fraction of sp³-hybridized carbons (Fsp3) is 0.846. The number of carbonyl (C=O) groups excluding carboxylic acids is 2. The van der Waals surface area contributed by atoms with E-state index in [2.05, 4.69) is 10.6 Å². The lowest BCUT2D eigenvalue weighted by Crippen LogP contribution is -2.47. The maximum absolute atomic E-state index is 11.7. The van der Waals surface area contributed by atoms with E-state index in [1.807, 2.05) is 4.90 Å². The van der Waals surface area contributed by atoms with Gasteiger partial charge in [0.2, 0.25) is 5.91 Å². The molecule has 0 spiro atoms. The van der Waals surface area contributed by atoms with Crippen molar-refractivity contribution in [2.45, 2.75) is 50.7 Å². The van der Waals surface area contributed by atoms with Gasteiger partial charge in [0.05, 0.1) is 12.6 Å². The van der Waals surface area contributed by atoms with Gasteiger partial charge in [0.15, 0.2) is 0 Å². The minimum absolute atomic E-state index is 0.176. The summed E-state index contributed by atoms with van der Waals surface area (Å²) in [6.07, 6.45) is 5.87. The van der Waals surface area contributed by atoms with Crippen molar-refractivity contribution >= 4 is 11.9 Å². The second kappa shape index (κ2) is 6.86. The molecule has 1 saturated heterocycles. The molecule has 1 saturated carbocycles. The van der Waals surface area contributed by atoms with Crippen LogP contribution in [0.15, 0.2) is 0 Å². The number of hydrogen-bond acceptors (Lipinski definition) is 4. The average Bonchev–Trinajstić information content (AvgIpc) is 2.75. The molecule has 108 valence electrons. The number of β-amino-alcohol motifs (C(OH)–C–C–N with tert-alkyl or cyclic N) is 1. The van der Waals surface area contributed by atoms with Gasteiger partial charge in [-0.3, -0.25) is 15.0 Å². The molecule has 2 fully saturated rings. The van der Waals surface area contributed by atoms with Gasteiger partial charge in [0, 0.05) is 19.1 Å². The molecule has 1 atom stereocenters. The highest BCUT2D eigenvalue weighted by Crippen LogP contribution is 2.17. The fourth-order valence-corrected chi connectivity index (χ4v) is 2.79.